The van der Waals surface area contributed by atoms with Gasteiger partial charge in [-0.05, 0) is 17.7 Å². The van der Waals surface area contributed by atoms with Gasteiger partial charge in [0.05, 0.1) is 13.7 Å². The molecule has 0 saturated heterocycles. The molecule has 0 aliphatic heterocycles. The van der Waals surface area contributed by atoms with Crippen molar-refractivity contribution in [1.29, 1.82) is 0 Å². The molecule has 0 spiro atoms. The molecular weight excluding hydrogens is 140 g/mol. The maximum Gasteiger partial charge on any atom is 0.119 e. The molecule has 1 radical (unpaired) electrons. The van der Waals surface area contributed by atoms with Gasteiger partial charge in [-0.15, -0.1) is 0 Å². The molecule has 0 bridgehead atoms. The van der Waals surface area contributed by atoms with E-state index in [9.17, 15) is 0 Å². The van der Waals surface area contributed by atoms with Crippen LogP contribution in [-0.4, -0.2) is 18.8 Å². The fourth-order valence-corrected chi connectivity index (χ4v) is 0.874. The Bertz CT molecular complexity index is 221. The van der Waals surface area contributed by atoms with Crippen LogP contribution in [0.15, 0.2) is 24.3 Å². The van der Waals surface area contributed by atoms with Gasteiger partial charge in [-0.25, -0.2) is 0 Å². The molecule has 0 saturated carbocycles. The minimum atomic E-state index is 0.0627. The number of aliphatic hydroxyl groups is 1. The minimum absolute atomic E-state index is 0.0627. The highest BCUT2D eigenvalue weighted by atomic mass is 16.5. The number of rotatable bonds is 3. The van der Waals surface area contributed by atoms with E-state index in [0.717, 1.165) is 11.3 Å². The normalized spacial score (nSPS) is 9.64. The Balaban J connectivity index is 2.74. The van der Waals surface area contributed by atoms with Crippen LogP contribution in [0, 0.1) is 6.42 Å². The second-order valence-corrected chi connectivity index (χ2v) is 2.16. The number of methoxy groups -OCH3 is 1. The van der Waals surface area contributed by atoms with Gasteiger partial charge < -0.3 is 9.84 Å². The number of hydrogen-bond acceptors (Lipinski definition) is 2. The van der Waals surface area contributed by atoms with Crippen LogP contribution < -0.4 is 4.74 Å². The molecule has 1 aromatic carbocycles. The molecule has 2 nitrogen and oxygen atoms in total. The Hall–Kier alpha value is -1.02. The topological polar surface area (TPSA) is 29.5 Å². The van der Waals surface area contributed by atoms with Crippen molar-refractivity contribution in [3.05, 3.63) is 36.2 Å². The van der Waals surface area contributed by atoms with Gasteiger partial charge in [-0.3, -0.25) is 0 Å². The molecule has 0 unspecified atom stereocenters. The van der Waals surface area contributed by atoms with Crippen molar-refractivity contribution in [1.82, 2.24) is 0 Å². The Morgan fingerprint density at radius 2 is 2.36 bits per heavy atom. The largest absolute Gasteiger partial charge is 0.497 e. The lowest BCUT2D eigenvalue weighted by molar-refractivity contribution is 0.331. The Kier molecular flexibility index (Phi) is 2.93. The van der Waals surface area contributed by atoms with E-state index < -0.39 is 0 Å². The SMILES string of the molecule is COc1cccc([CH]CO)c1. The molecule has 0 aliphatic rings. The Morgan fingerprint density at radius 1 is 1.55 bits per heavy atom. The molecule has 0 atom stereocenters. The zero-order valence-corrected chi connectivity index (χ0v) is 6.45. The lowest BCUT2D eigenvalue weighted by atomic mass is 10.1. The second-order valence-electron chi connectivity index (χ2n) is 2.16. The van der Waals surface area contributed by atoms with Crippen molar-refractivity contribution >= 4 is 0 Å². The van der Waals surface area contributed by atoms with Crippen LogP contribution in [0.2, 0.25) is 0 Å². The molecule has 1 rings (SSSR count). The third kappa shape index (κ3) is 2.24. The lowest BCUT2D eigenvalue weighted by Gasteiger charge is -2.01. The van der Waals surface area contributed by atoms with E-state index >= 15 is 0 Å². The highest BCUT2D eigenvalue weighted by Gasteiger charge is 1.93. The van der Waals surface area contributed by atoms with E-state index in [1.165, 1.54) is 0 Å². The van der Waals surface area contributed by atoms with Crippen LogP contribution in [0.1, 0.15) is 5.56 Å². The molecular formula is C9H11O2. The molecule has 2 heteroatoms. The van der Waals surface area contributed by atoms with Crippen molar-refractivity contribution in [2.75, 3.05) is 13.7 Å². The van der Waals surface area contributed by atoms with Gasteiger partial charge in [0.15, 0.2) is 0 Å². The molecule has 11 heavy (non-hydrogen) atoms. The first-order chi connectivity index (χ1) is 5.36. The predicted octanol–water partition coefficient (Wildman–Crippen LogP) is 1.24. The monoisotopic (exact) mass is 151 g/mol. The molecule has 59 valence electrons. The highest BCUT2D eigenvalue weighted by Crippen LogP contribution is 2.13. The fraction of sp³-hybridized carbons (Fsp3) is 0.222. The first-order valence-electron chi connectivity index (χ1n) is 3.45. The van der Waals surface area contributed by atoms with Crippen molar-refractivity contribution in [3.63, 3.8) is 0 Å². The van der Waals surface area contributed by atoms with Crippen LogP contribution in [-0.2, 0) is 0 Å². The summed E-state index contributed by atoms with van der Waals surface area (Å²) in [5.41, 5.74) is 0.979. The quantitative estimate of drug-likeness (QED) is 0.704. The number of benzene rings is 1. The molecule has 1 N–H and O–H groups in total. The average Bonchev–Trinajstić information content (AvgIpc) is 2.06. The predicted molar refractivity (Wildman–Crippen MR) is 43.5 cm³/mol. The van der Waals surface area contributed by atoms with E-state index in [0.29, 0.717) is 0 Å². The smallest absolute Gasteiger partial charge is 0.119 e. The first-order valence-corrected chi connectivity index (χ1v) is 3.45. The van der Waals surface area contributed by atoms with E-state index in [1.807, 2.05) is 24.3 Å². The summed E-state index contributed by atoms with van der Waals surface area (Å²) in [6.07, 6.45) is 1.72. The van der Waals surface area contributed by atoms with Crippen LogP contribution in [0.25, 0.3) is 0 Å². The van der Waals surface area contributed by atoms with Crippen LogP contribution in [0.3, 0.4) is 0 Å². The summed E-state index contributed by atoms with van der Waals surface area (Å²) < 4.78 is 5.00. The van der Waals surface area contributed by atoms with Crippen molar-refractivity contribution < 1.29 is 9.84 Å². The van der Waals surface area contributed by atoms with Crippen molar-refractivity contribution in [2.45, 2.75) is 0 Å². The zero-order chi connectivity index (χ0) is 8.10. The maximum absolute atomic E-state index is 8.59. The maximum atomic E-state index is 8.59. The summed E-state index contributed by atoms with van der Waals surface area (Å²) in [5.74, 6) is 0.812. The third-order valence-electron chi connectivity index (χ3n) is 1.42. The minimum Gasteiger partial charge on any atom is -0.497 e. The molecule has 0 heterocycles. The number of hydrogen-bond donors (Lipinski definition) is 1. The van der Waals surface area contributed by atoms with Crippen LogP contribution in [0.5, 0.6) is 5.75 Å². The van der Waals surface area contributed by atoms with Crippen molar-refractivity contribution in [3.8, 4) is 5.75 Å². The van der Waals surface area contributed by atoms with Crippen LogP contribution in [0.4, 0.5) is 0 Å². The van der Waals surface area contributed by atoms with Crippen molar-refractivity contribution in [2.24, 2.45) is 0 Å². The van der Waals surface area contributed by atoms with Crippen LogP contribution >= 0.6 is 0 Å². The molecule has 0 fully saturated rings. The molecule has 0 amide bonds. The molecule has 0 aliphatic carbocycles. The summed E-state index contributed by atoms with van der Waals surface area (Å²) in [6.45, 7) is 0.0627. The van der Waals surface area contributed by atoms with Gasteiger partial charge in [-0.2, -0.15) is 0 Å². The average molecular weight is 151 g/mol. The van der Waals surface area contributed by atoms with E-state index in [1.54, 1.807) is 13.5 Å². The first kappa shape index (κ1) is 8.08. The van der Waals surface area contributed by atoms with Gasteiger partial charge in [0.2, 0.25) is 0 Å². The van der Waals surface area contributed by atoms with Gasteiger partial charge in [0, 0.05) is 6.42 Å². The summed E-state index contributed by atoms with van der Waals surface area (Å²) in [5, 5.41) is 8.59. The van der Waals surface area contributed by atoms with E-state index in [4.69, 9.17) is 9.84 Å². The Morgan fingerprint density at radius 3 is 3.00 bits per heavy atom. The standard InChI is InChI=1S/C9H11O2/c1-11-9-4-2-3-8(7-9)5-6-10/h2-5,7,10H,6H2,1H3. The highest BCUT2D eigenvalue weighted by molar-refractivity contribution is 5.32. The second kappa shape index (κ2) is 3.98. The fourth-order valence-electron chi connectivity index (χ4n) is 0.874. The summed E-state index contributed by atoms with van der Waals surface area (Å²) in [6, 6.07) is 7.55. The van der Waals surface area contributed by atoms with E-state index in [2.05, 4.69) is 0 Å². The Labute approximate surface area is 66.4 Å². The van der Waals surface area contributed by atoms with Gasteiger partial charge >= 0.3 is 0 Å². The molecule has 1 aromatic rings. The molecule has 0 aromatic heterocycles. The summed E-state index contributed by atoms with van der Waals surface area (Å²) in [4.78, 5) is 0. The number of aliphatic hydroxyl groups excluding tert-OH is 1. The van der Waals surface area contributed by atoms with Gasteiger partial charge in [0.1, 0.15) is 5.75 Å². The lowest BCUT2D eigenvalue weighted by Crippen LogP contribution is -1.88. The summed E-state index contributed by atoms with van der Waals surface area (Å²) >= 11 is 0. The third-order valence-corrected chi connectivity index (χ3v) is 1.42. The van der Waals surface area contributed by atoms with E-state index in [-0.39, 0.29) is 6.61 Å². The number of ether oxygens (including phenoxy) is 1. The van der Waals surface area contributed by atoms with Gasteiger partial charge in [-0.1, -0.05) is 12.1 Å². The zero-order valence-electron chi connectivity index (χ0n) is 6.45. The van der Waals surface area contributed by atoms with Gasteiger partial charge in [0.25, 0.3) is 0 Å². The summed E-state index contributed by atoms with van der Waals surface area (Å²) in [7, 11) is 1.62.